The molecule has 0 saturated heterocycles. The predicted molar refractivity (Wildman–Crippen MR) is 74.5 cm³/mol. The van der Waals surface area contributed by atoms with Crippen molar-refractivity contribution in [1.82, 2.24) is 0 Å². The van der Waals surface area contributed by atoms with E-state index in [2.05, 4.69) is 19.2 Å². The van der Waals surface area contributed by atoms with Gasteiger partial charge in [-0.3, -0.25) is 4.79 Å². The molecule has 0 atom stereocenters. The van der Waals surface area contributed by atoms with Crippen LogP contribution in [-0.4, -0.2) is 19.1 Å². The molecule has 4 nitrogen and oxygen atoms in total. The molecule has 0 spiro atoms. The first kappa shape index (κ1) is 14.5. The summed E-state index contributed by atoms with van der Waals surface area (Å²) >= 11 is 0. The smallest absolute Gasteiger partial charge is 0.250 e. The van der Waals surface area contributed by atoms with Gasteiger partial charge in [-0.25, -0.2) is 0 Å². The Morgan fingerprint density at radius 2 is 2.17 bits per heavy atom. The summed E-state index contributed by atoms with van der Waals surface area (Å²) in [6.07, 6.45) is 0.963. The van der Waals surface area contributed by atoms with Crippen LogP contribution in [0.3, 0.4) is 0 Å². The zero-order valence-electron chi connectivity index (χ0n) is 11.3. The number of nitrogens with two attached hydrogens (primary N) is 1. The van der Waals surface area contributed by atoms with Crippen LogP contribution < -0.4 is 11.1 Å². The second-order valence-electron chi connectivity index (χ2n) is 4.80. The average molecular weight is 250 g/mol. The molecule has 3 N–H and O–H groups in total. The van der Waals surface area contributed by atoms with Crippen molar-refractivity contribution in [1.29, 1.82) is 0 Å². The quantitative estimate of drug-likeness (QED) is 0.602. The third kappa shape index (κ3) is 4.75. The molecule has 1 amide bonds. The topological polar surface area (TPSA) is 64.3 Å². The van der Waals surface area contributed by atoms with E-state index in [1.807, 2.05) is 25.1 Å². The molecule has 0 heterocycles. The van der Waals surface area contributed by atoms with Gasteiger partial charge in [0.05, 0.1) is 0 Å². The first-order valence-corrected chi connectivity index (χ1v) is 6.23. The van der Waals surface area contributed by atoms with Crippen LogP contribution in [0.2, 0.25) is 0 Å². The van der Waals surface area contributed by atoms with Gasteiger partial charge in [0.15, 0.2) is 0 Å². The number of hydrogen-bond acceptors (Lipinski definition) is 3. The van der Waals surface area contributed by atoms with E-state index in [0.29, 0.717) is 18.2 Å². The lowest BCUT2D eigenvalue weighted by Gasteiger charge is -2.10. The molecule has 100 valence electrons. The molecule has 0 bridgehead atoms. The Hall–Kier alpha value is -1.55. The van der Waals surface area contributed by atoms with Gasteiger partial charge in [-0.15, -0.1) is 0 Å². The summed E-state index contributed by atoms with van der Waals surface area (Å²) in [5.74, 6) is 0.441. The highest BCUT2D eigenvalue weighted by Crippen LogP contribution is 2.20. The van der Waals surface area contributed by atoms with Crippen molar-refractivity contribution in [2.24, 2.45) is 5.92 Å². The summed E-state index contributed by atoms with van der Waals surface area (Å²) in [7, 11) is 0. The minimum Gasteiger partial charge on any atom is -0.398 e. The summed E-state index contributed by atoms with van der Waals surface area (Å²) in [6.45, 7) is 6.82. The lowest BCUT2D eigenvalue weighted by molar-refractivity contribution is -0.120. The highest BCUT2D eigenvalue weighted by molar-refractivity contribution is 5.93. The molecule has 18 heavy (non-hydrogen) atoms. The van der Waals surface area contributed by atoms with Gasteiger partial charge in [0, 0.05) is 18.0 Å². The average Bonchev–Trinajstić information content (AvgIpc) is 2.30. The Morgan fingerprint density at radius 3 is 2.83 bits per heavy atom. The minimum absolute atomic E-state index is 0.0843. The van der Waals surface area contributed by atoms with Crippen LogP contribution in [-0.2, 0) is 9.53 Å². The Kier molecular flexibility index (Phi) is 5.65. The second kappa shape index (κ2) is 7.01. The molecule has 0 aromatic heterocycles. The fourth-order valence-corrected chi connectivity index (χ4v) is 1.46. The van der Waals surface area contributed by atoms with E-state index >= 15 is 0 Å². The van der Waals surface area contributed by atoms with E-state index in [0.717, 1.165) is 17.7 Å². The van der Waals surface area contributed by atoms with Gasteiger partial charge >= 0.3 is 0 Å². The van der Waals surface area contributed by atoms with Crippen LogP contribution in [0.1, 0.15) is 25.8 Å². The zero-order valence-corrected chi connectivity index (χ0v) is 11.3. The summed E-state index contributed by atoms with van der Waals surface area (Å²) in [4.78, 5) is 11.6. The van der Waals surface area contributed by atoms with Gasteiger partial charge in [-0.2, -0.15) is 0 Å². The molecule has 1 aromatic rings. The number of ether oxygens (including phenoxy) is 1. The Morgan fingerprint density at radius 1 is 1.44 bits per heavy atom. The lowest BCUT2D eigenvalue weighted by Crippen LogP contribution is -2.19. The highest BCUT2D eigenvalue weighted by atomic mass is 16.5. The number of benzene rings is 1. The standard InChI is InChI=1S/C14H22N2O2/c1-10(2)7-8-18-9-14(17)16-13-6-4-5-12(15)11(13)3/h4-6,10H,7-9,15H2,1-3H3,(H,16,17). The van der Waals surface area contributed by atoms with Gasteiger partial charge in [0.25, 0.3) is 0 Å². The molecule has 0 aliphatic carbocycles. The molecule has 0 aliphatic heterocycles. The van der Waals surface area contributed by atoms with Gasteiger partial charge < -0.3 is 15.8 Å². The predicted octanol–water partition coefficient (Wildman–Crippen LogP) is 2.58. The van der Waals surface area contributed by atoms with Crippen molar-refractivity contribution in [3.8, 4) is 0 Å². The van der Waals surface area contributed by atoms with Crippen molar-refractivity contribution in [3.05, 3.63) is 23.8 Å². The van der Waals surface area contributed by atoms with E-state index in [-0.39, 0.29) is 12.5 Å². The Labute approximate surface area is 109 Å². The number of amides is 1. The van der Waals surface area contributed by atoms with E-state index in [1.54, 1.807) is 0 Å². The maximum atomic E-state index is 11.6. The maximum Gasteiger partial charge on any atom is 0.250 e. The normalized spacial score (nSPS) is 10.7. The third-order valence-electron chi connectivity index (χ3n) is 2.72. The molecule has 1 rings (SSSR count). The first-order valence-electron chi connectivity index (χ1n) is 6.23. The van der Waals surface area contributed by atoms with Gasteiger partial charge in [-0.1, -0.05) is 19.9 Å². The minimum atomic E-state index is -0.146. The maximum absolute atomic E-state index is 11.6. The van der Waals surface area contributed by atoms with Crippen LogP contribution in [0.25, 0.3) is 0 Å². The molecule has 0 saturated carbocycles. The van der Waals surface area contributed by atoms with Crippen LogP contribution in [0, 0.1) is 12.8 Å². The monoisotopic (exact) mass is 250 g/mol. The Bertz CT molecular complexity index is 403. The number of carbonyl (C=O) groups is 1. The van der Waals surface area contributed by atoms with E-state index in [1.165, 1.54) is 0 Å². The summed E-state index contributed by atoms with van der Waals surface area (Å²) in [6, 6.07) is 5.46. The number of hydrogen-bond donors (Lipinski definition) is 2. The molecular weight excluding hydrogens is 228 g/mol. The fourth-order valence-electron chi connectivity index (χ4n) is 1.46. The lowest BCUT2D eigenvalue weighted by atomic mass is 10.1. The summed E-state index contributed by atoms with van der Waals surface area (Å²) in [5.41, 5.74) is 8.07. The molecule has 0 radical (unpaired) electrons. The van der Waals surface area contributed by atoms with Gasteiger partial charge in [-0.05, 0) is 37.0 Å². The number of anilines is 2. The molecule has 4 heteroatoms. The van der Waals surface area contributed by atoms with Crippen LogP contribution >= 0.6 is 0 Å². The van der Waals surface area contributed by atoms with Gasteiger partial charge in [0.2, 0.25) is 5.91 Å². The fraction of sp³-hybridized carbons (Fsp3) is 0.500. The molecule has 0 aliphatic rings. The SMILES string of the molecule is Cc1c(N)cccc1NC(=O)COCCC(C)C. The molecule has 0 fully saturated rings. The van der Waals surface area contributed by atoms with E-state index in [9.17, 15) is 4.79 Å². The molecule has 1 aromatic carbocycles. The Balaban J connectivity index is 2.38. The number of rotatable bonds is 6. The zero-order chi connectivity index (χ0) is 13.5. The third-order valence-corrected chi connectivity index (χ3v) is 2.72. The van der Waals surface area contributed by atoms with Crippen molar-refractivity contribution in [2.75, 3.05) is 24.3 Å². The van der Waals surface area contributed by atoms with Crippen molar-refractivity contribution < 1.29 is 9.53 Å². The van der Waals surface area contributed by atoms with Crippen molar-refractivity contribution >= 4 is 17.3 Å². The molecular formula is C14H22N2O2. The highest BCUT2D eigenvalue weighted by Gasteiger charge is 2.06. The summed E-state index contributed by atoms with van der Waals surface area (Å²) < 4.78 is 5.31. The number of nitrogens with one attached hydrogen (secondary N) is 1. The van der Waals surface area contributed by atoms with E-state index < -0.39 is 0 Å². The number of carbonyl (C=O) groups excluding carboxylic acids is 1. The second-order valence-corrected chi connectivity index (χ2v) is 4.80. The number of nitrogen functional groups attached to an aromatic ring is 1. The van der Waals surface area contributed by atoms with Gasteiger partial charge in [0.1, 0.15) is 6.61 Å². The largest absolute Gasteiger partial charge is 0.398 e. The van der Waals surface area contributed by atoms with Crippen LogP contribution in [0.4, 0.5) is 11.4 Å². The van der Waals surface area contributed by atoms with Crippen molar-refractivity contribution in [2.45, 2.75) is 27.2 Å². The van der Waals surface area contributed by atoms with Crippen LogP contribution in [0.5, 0.6) is 0 Å². The van der Waals surface area contributed by atoms with Crippen molar-refractivity contribution in [3.63, 3.8) is 0 Å². The van der Waals surface area contributed by atoms with E-state index in [4.69, 9.17) is 10.5 Å². The summed E-state index contributed by atoms with van der Waals surface area (Å²) in [5, 5.41) is 2.80. The molecule has 0 unspecified atom stereocenters. The first-order chi connectivity index (χ1) is 8.50. The van der Waals surface area contributed by atoms with Crippen LogP contribution in [0.15, 0.2) is 18.2 Å².